The largest absolute Gasteiger partial charge is 0.433 e. The zero-order valence-corrected chi connectivity index (χ0v) is 11.1. The maximum atomic E-state index is 12.6. The Morgan fingerprint density at radius 1 is 1.42 bits per heavy atom. The van der Waals surface area contributed by atoms with Gasteiger partial charge in [0.1, 0.15) is 17.6 Å². The molecule has 0 aliphatic rings. The van der Waals surface area contributed by atoms with Crippen molar-refractivity contribution in [2.75, 3.05) is 18.5 Å². The second-order valence-corrected chi connectivity index (χ2v) is 4.57. The van der Waals surface area contributed by atoms with Crippen molar-refractivity contribution in [2.24, 2.45) is 5.92 Å². The van der Waals surface area contributed by atoms with E-state index in [1.165, 1.54) is 0 Å². The van der Waals surface area contributed by atoms with Gasteiger partial charge in [0.05, 0.1) is 5.56 Å². The van der Waals surface area contributed by atoms with Crippen LogP contribution in [0.1, 0.15) is 31.5 Å². The third-order valence-corrected chi connectivity index (χ3v) is 2.93. The van der Waals surface area contributed by atoms with E-state index >= 15 is 0 Å². The molecule has 0 N–H and O–H groups in total. The normalized spacial score (nSPS) is 12.9. The van der Waals surface area contributed by atoms with Crippen LogP contribution in [0.4, 0.5) is 19.0 Å². The Morgan fingerprint density at radius 2 is 2.05 bits per heavy atom. The number of rotatable bonds is 4. The van der Waals surface area contributed by atoms with E-state index in [0.717, 1.165) is 18.6 Å². The summed E-state index contributed by atoms with van der Waals surface area (Å²) in [6, 6.07) is 3.87. The van der Waals surface area contributed by atoms with Crippen LogP contribution in [0.2, 0.25) is 0 Å². The molecular formula is C13H16F3N3. The van der Waals surface area contributed by atoms with Crippen molar-refractivity contribution in [3.8, 4) is 6.07 Å². The Labute approximate surface area is 110 Å². The van der Waals surface area contributed by atoms with Gasteiger partial charge < -0.3 is 4.90 Å². The lowest BCUT2D eigenvalue weighted by Crippen LogP contribution is -2.26. The van der Waals surface area contributed by atoms with Crippen molar-refractivity contribution in [1.82, 2.24) is 4.98 Å². The number of halogens is 3. The summed E-state index contributed by atoms with van der Waals surface area (Å²) in [5.41, 5.74) is -0.823. The van der Waals surface area contributed by atoms with Gasteiger partial charge in [-0.3, -0.25) is 0 Å². The fourth-order valence-corrected chi connectivity index (χ4v) is 1.67. The Morgan fingerprint density at radius 3 is 2.53 bits per heavy atom. The molecule has 1 heterocycles. The molecule has 0 aliphatic carbocycles. The standard InChI is InChI=1S/C13H16F3N3/c1-4-9(2)8-19(3)12-10(7-17)5-6-11(18-12)13(14,15)16/h5-6,9H,4,8H2,1-3H3. The molecule has 0 spiro atoms. The molecule has 6 heteroatoms. The van der Waals surface area contributed by atoms with Crippen LogP contribution in [0, 0.1) is 17.2 Å². The minimum atomic E-state index is -4.50. The van der Waals surface area contributed by atoms with Crippen molar-refractivity contribution in [2.45, 2.75) is 26.4 Å². The molecule has 1 rings (SSSR count). The molecule has 0 aliphatic heterocycles. The Balaban J connectivity index is 3.13. The zero-order valence-electron chi connectivity index (χ0n) is 11.1. The second kappa shape index (κ2) is 5.91. The molecule has 1 atom stereocenters. The predicted octanol–water partition coefficient (Wildman–Crippen LogP) is 3.45. The van der Waals surface area contributed by atoms with Crippen molar-refractivity contribution in [1.29, 1.82) is 5.26 Å². The smallest absolute Gasteiger partial charge is 0.358 e. The fourth-order valence-electron chi connectivity index (χ4n) is 1.67. The minimum Gasteiger partial charge on any atom is -0.358 e. The van der Waals surface area contributed by atoms with Gasteiger partial charge >= 0.3 is 6.18 Å². The van der Waals surface area contributed by atoms with Gasteiger partial charge in [-0.2, -0.15) is 18.4 Å². The summed E-state index contributed by atoms with van der Waals surface area (Å²) in [4.78, 5) is 5.18. The maximum Gasteiger partial charge on any atom is 0.433 e. The minimum absolute atomic E-state index is 0.0811. The number of anilines is 1. The summed E-state index contributed by atoms with van der Waals surface area (Å²) in [5.74, 6) is 0.394. The van der Waals surface area contributed by atoms with Crippen molar-refractivity contribution in [3.63, 3.8) is 0 Å². The van der Waals surface area contributed by atoms with Crippen LogP contribution in [-0.4, -0.2) is 18.6 Å². The number of nitrogens with zero attached hydrogens (tertiary/aromatic N) is 3. The third-order valence-electron chi connectivity index (χ3n) is 2.93. The van der Waals surface area contributed by atoms with Crippen molar-refractivity contribution >= 4 is 5.82 Å². The van der Waals surface area contributed by atoms with E-state index in [9.17, 15) is 13.2 Å². The number of hydrogen-bond acceptors (Lipinski definition) is 3. The van der Waals surface area contributed by atoms with E-state index in [4.69, 9.17) is 5.26 Å². The number of aromatic nitrogens is 1. The van der Waals surface area contributed by atoms with Gasteiger partial charge in [-0.1, -0.05) is 20.3 Å². The third kappa shape index (κ3) is 3.85. The predicted molar refractivity (Wildman–Crippen MR) is 66.7 cm³/mol. The molecule has 19 heavy (non-hydrogen) atoms. The first-order chi connectivity index (χ1) is 8.79. The van der Waals surface area contributed by atoms with Crippen LogP contribution in [-0.2, 0) is 6.18 Å². The molecule has 0 fully saturated rings. The van der Waals surface area contributed by atoms with Crippen LogP contribution < -0.4 is 4.90 Å². The SMILES string of the molecule is CCC(C)CN(C)c1nc(C(F)(F)F)ccc1C#N. The number of pyridine rings is 1. The van der Waals surface area contributed by atoms with Crippen LogP contribution >= 0.6 is 0 Å². The van der Waals surface area contributed by atoms with Gasteiger partial charge in [0.25, 0.3) is 0 Å². The van der Waals surface area contributed by atoms with Gasteiger partial charge in [0.2, 0.25) is 0 Å². The van der Waals surface area contributed by atoms with E-state index in [1.807, 2.05) is 19.9 Å². The summed E-state index contributed by atoms with van der Waals surface area (Å²) in [5, 5.41) is 8.95. The molecule has 3 nitrogen and oxygen atoms in total. The second-order valence-electron chi connectivity index (χ2n) is 4.57. The molecule has 0 amide bonds. The molecule has 1 aromatic rings. The highest BCUT2D eigenvalue weighted by Gasteiger charge is 2.33. The lowest BCUT2D eigenvalue weighted by Gasteiger charge is -2.23. The topological polar surface area (TPSA) is 39.9 Å². The van der Waals surface area contributed by atoms with Crippen LogP contribution in [0.5, 0.6) is 0 Å². The van der Waals surface area contributed by atoms with Crippen LogP contribution in [0.25, 0.3) is 0 Å². The van der Waals surface area contributed by atoms with Gasteiger partial charge in [0.15, 0.2) is 0 Å². The first-order valence-corrected chi connectivity index (χ1v) is 5.99. The average Bonchev–Trinajstić information content (AvgIpc) is 2.36. The van der Waals surface area contributed by atoms with Crippen molar-refractivity contribution in [3.05, 3.63) is 23.4 Å². The summed E-state index contributed by atoms with van der Waals surface area (Å²) in [6.45, 7) is 4.55. The maximum absolute atomic E-state index is 12.6. The van der Waals surface area contributed by atoms with E-state index in [-0.39, 0.29) is 11.4 Å². The van der Waals surface area contributed by atoms with Gasteiger partial charge in [-0.25, -0.2) is 4.98 Å². The van der Waals surface area contributed by atoms with E-state index in [0.29, 0.717) is 12.5 Å². The first-order valence-electron chi connectivity index (χ1n) is 5.99. The lowest BCUT2D eigenvalue weighted by molar-refractivity contribution is -0.141. The van der Waals surface area contributed by atoms with Crippen LogP contribution in [0.15, 0.2) is 12.1 Å². The molecule has 0 saturated heterocycles. The van der Waals surface area contributed by atoms with Crippen molar-refractivity contribution < 1.29 is 13.2 Å². The quantitative estimate of drug-likeness (QED) is 0.842. The van der Waals surface area contributed by atoms with Gasteiger partial charge in [-0.15, -0.1) is 0 Å². The first kappa shape index (κ1) is 15.3. The fraction of sp³-hybridized carbons (Fsp3) is 0.538. The molecule has 1 unspecified atom stereocenters. The molecule has 0 saturated carbocycles. The molecule has 0 bridgehead atoms. The summed E-state index contributed by atoms with van der Waals surface area (Å²) < 4.78 is 37.9. The number of nitriles is 1. The molecule has 0 aromatic carbocycles. The van der Waals surface area contributed by atoms with Crippen LogP contribution in [0.3, 0.4) is 0 Å². The molecule has 0 radical (unpaired) electrons. The summed E-state index contributed by atoms with van der Waals surface area (Å²) in [7, 11) is 1.65. The monoisotopic (exact) mass is 271 g/mol. The highest BCUT2D eigenvalue weighted by atomic mass is 19.4. The van der Waals surface area contributed by atoms with Gasteiger partial charge in [0, 0.05) is 13.6 Å². The number of alkyl halides is 3. The summed E-state index contributed by atoms with van der Waals surface area (Å²) in [6.07, 6.45) is -3.59. The molecule has 104 valence electrons. The Kier molecular flexibility index (Phi) is 4.76. The van der Waals surface area contributed by atoms with E-state index < -0.39 is 11.9 Å². The lowest BCUT2D eigenvalue weighted by atomic mass is 10.1. The Hall–Kier alpha value is -1.77. The highest BCUT2D eigenvalue weighted by molar-refractivity contribution is 5.54. The van der Waals surface area contributed by atoms with Gasteiger partial charge in [-0.05, 0) is 18.1 Å². The zero-order chi connectivity index (χ0) is 14.6. The summed E-state index contributed by atoms with van der Waals surface area (Å²) >= 11 is 0. The average molecular weight is 271 g/mol. The van der Waals surface area contributed by atoms with E-state index in [2.05, 4.69) is 4.98 Å². The highest BCUT2D eigenvalue weighted by Crippen LogP contribution is 2.30. The number of hydrogen-bond donors (Lipinski definition) is 0. The Bertz CT molecular complexity index is 477. The molecule has 1 aromatic heterocycles. The van der Waals surface area contributed by atoms with E-state index in [1.54, 1.807) is 11.9 Å². The molecular weight excluding hydrogens is 255 g/mol.